The zero-order valence-electron chi connectivity index (χ0n) is 14.6. The molecule has 2 aliphatic heterocycles. The van der Waals surface area contributed by atoms with Crippen molar-refractivity contribution in [1.82, 2.24) is 9.80 Å². The average molecular weight is 326 g/mol. The number of fused-ring (bicyclic) bond motifs is 3. The van der Waals surface area contributed by atoms with Crippen molar-refractivity contribution in [3.63, 3.8) is 0 Å². The van der Waals surface area contributed by atoms with Crippen LogP contribution in [0.3, 0.4) is 0 Å². The van der Waals surface area contributed by atoms with Crippen LogP contribution in [0.1, 0.15) is 74.5 Å². The van der Waals surface area contributed by atoms with Crippen molar-refractivity contribution in [1.29, 1.82) is 0 Å². The molecule has 0 bridgehead atoms. The van der Waals surface area contributed by atoms with Crippen LogP contribution < -0.4 is 0 Å². The molecule has 2 atom stereocenters. The molecule has 1 aromatic rings. The summed E-state index contributed by atoms with van der Waals surface area (Å²) in [6.07, 6.45) is 6.35. The van der Waals surface area contributed by atoms with Gasteiger partial charge in [-0.2, -0.15) is 0 Å². The van der Waals surface area contributed by atoms with E-state index in [9.17, 15) is 9.59 Å². The van der Waals surface area contributed by atoms with E-state index in [1.165, 1.54) is 19.3 Å². The molecule has 24 heavy (non-hydrogen) atoms. The van der Waals surface area contributed by atoms with Gasteiger partial charge >= 0.3 is 0 Å². The van der Waals surface area contributed by atoms with E-state index in [1.54, 1.807) is 0 Å². The van der Waals surface area contributed by atoms with Crippen LogP contribution in [-0.4, -0.2) is 33.7 Å². The lowest BCUT2D eigenvalue weighted by Gasteiger charge is -2.35. The Labute approximate surface area is 143 Å². The van der Waals surface area contributed by atoms with Crippen molar-refractivity contribution in [2.45, 2.75) is 70.6 Å². The van der Waals surface area contributed by atoms with Crippen molar-refractivity contribution in [2.24, 2.45) is 5.92 Å². The van der Waals surface area contributed by atoms with Gasteiger partial charge in [0.2, 0.25) is 5.91 Å². The molecule has 4 rings (SSSR count). The zero-order chi connectivity index (χ0) is 16.8. The van der Waals surface area contributed by atoms with Gasteiger partial charge in [-0.3, -0.25) is 9.59 Å². The minimum absolute atomic E-state index is 0.0351. The Kier molecular flexibility index (Phi) is 3.86. The third kappa shape index (κ3) is 2.27. The van der Waals surface area contributed by atoms with Crippen LogP contribution in [0.25, 0.3) is 0 Å². The second-order valence-corrected chi connectivity index (χ2v) is 7.86. The molecule has 0 spiro atoms. The summed E-state index contributed by atoms with van der Waals surface area (Å²) in [6, 6.07) is 7.83. The molecule has 0 N–H and O–H groups in total. The third-order valence-electron chi connectivity index (χ3n) is 5.77. The quantitative estimate of drug-likeness (QED) is 0.849. The second kappa shape index (κ2) is 5.91. The number of benzene rings is 1. The third-order valence-corrected chi connectivity index (χ3v) is 5.77. The summed E-state index contributed by atoms with van der Waals surface area (Å²) in [5.41, 5.74) is 1.80. The van der Waals surface area contributed by atoms with Gasteiger partial charge in [0.15, 0.2) is 0 Å². The van der Waals surface area contributed by atoms with Gasteiger partial charge in [0.25, 0.3) is 5.91 Å². The highest BCUT2D eigenvalue weighted by Crippen LogP contribution is 2.46. The van der Waals surface area contributed by atoms with Crippen molar-refractivity contribution >= 4 is 11.8 Å². The van der Waals surface area contributed by atoms with E-state index in [0.29, 0.717) is 5.92 Å². The molecule has 1 aliphatic carbocycles. The van der Waals surface area contributed by atoms with E-state index >= 15 is 0 Å². The Morgan fingerprint density at radius 3 is 2.46 bits per heavy atom. The fourth-order valence-corrected chi connectivity index (χ4v) is 4.72. The lowest BCUT2D eigenvalue weighted by Crippen LogP contribution is -2.41. The molecule has 2 amide bonds. The van der Waals surface area contributed by atoms with E-state index in [4.69, 9.17) is 0 Å². The molecule has 0 aromatic heterocycles. The number of amides is 2. The molecule has 2 fully saturated rings. The normalized spacial score (nSPS) is 27.1. The largest absolute Gasteiger partial charge is 0.313 e. The van der Waals surface area contributed by atoms with E-state index < -0.39 is 0 Å². The summed E-state index contributed by atoms with van der Waals surface area (Å²) < 4.78 is 0. The smallest absolute Gasteiger partial charge is 0.256 e. The molecule has 1 aromatic carbocycles. The fraction of sp³-hybridized carbons (Fsp3) is 0.600. The van der Waals surface area contributed by atoms with Crippen LogP contribution in [0.15, 0.2) is 24.3 Å². The van der Waals surface area contributed by atoms with Gasteiger partial charge in [0.05, 0.1) is 0 Å². The predicted molar refractivity (Wildman–Crippen MR) is 92.3 cm³/mol. The van der Waals surface area contributed by atoms with Gasteiger partial charge in [-0.15, -0.1) is 0 Å². The first kappa shape index (κ1) is 15.7. The minimum Gasteiger partial charge on any atom is -0.313 e. The fourth-order valence-electron chi connectivity index (χ4n) is 4.72. The van der Waals surface area contributed by atoms with Crippen LogP contribution >= 0.6 is 0 Å². The number of hydrogen-bond donors (Lipinski definition) is 0. The zero-order valence-corrected chi connectivity index (χ0v) is 14.6. The van der Waals surface area contributed by atoms with Crippen molar-refractivity contribution in [3.05, 3.63) is 35.4 Å². The Hall–Kier alpha value is -1.84. The molecule has 1 saturated carbocycles. The Morgan fingerprint density at radius 1 is 1.04 bits per heavy atom. The van der Waals surface area contributed by atoms with Crippen LogP contribution in [-0.2, 0) is 4.79 Å². The summed E-state index contributed by atoms with van der Waals surface area (Å²) in [4.78, 5) is 30.2. The van der Waals surface area contributed by atoms with Crippen LogP contribution in [0.5, 0.6) is 0 Å². The van der Waals surface area contributed by atoms with Crippen LogP contribution in [0.4, 0.5) is 0 Å². The van der Waals surface area contributed by atoms with Gasteiger partial charge in [0.1, 0.15) is 12.2 Å². The number of rotatable bonds is 3. The molecule has 1 saturated heterocycles. The van der Waals surface area contributed by atoms with E-state index in [0.717, 1.165) is 30.4 Å². The number of nitrogens with zero attached hydrogens (tertiary/aromatic N) is 2. The van der Waals surface area contributed by atoms with E-state index in [2.05, 4.69) is 18.7 Å². The van der Waals surface area contributed by atoms with Crippen LogP contribution in [0, 0.1) is 5.92 Å². The maximum absolute atomic E-state index is 13.2. The first-order valence-corrected chi connectivity index (χ1v) is 9.33. The summed E-state index contributed by atoms with van der Waals surface area (Å²) in [6.45, 7) is 4.25. The monoisotopic (exact) mass is 326 g/mol. The Balaban J connectivity index is 1.76. The molecular weight excluding hydrogens is 300 g/mol. The Morgan fingerprint density at radius 2 is 1.75 bits per heavy atom. The Bertz CT molecular complexity index is 663. The molecular formula is C20H26N2O2. The van der Waals surface area contributed by atoms with Gasteiger partial charge in [0, 0.05) is 17.2 Å². The number of carbonyl (C=O) groups excluding carboxylic acids is 2. The predicted octanol–water partition coefficient (Wildman–Crippen LogP) is 3.73. The highest BCUT2D eigenvalue weighted by Gasteiger charge is 2.55. The van der Waals surface area contributed by atoms with Gasteiger partial charge in [-0.25, -0.2) is 0 Å². The molecule has 4 heteroatoms. The first-order chi connectivity index (χ1) is 11.6. The molecule has 4 nitrogen and oxygen atoms in total. The van der Waals surface area contributed by atoms with E-state index in [-0.39, 0.29) is 30.1 Å². The SMILES string of the molecule is CC(C)CC1C(=O)N(C2CCCCC2)C2c3ccccc3C(=O)N12. The molecule has 0 radical (unpaired) electrons. The maximum Gasteiger partial charge on any atom is 0.256 e. The number of carbonyl (C=O) groups is 2. The maximum atomic E-state index is 13.2. The standard InChI is InChI=1S/C20H26N2O2/c1-13(2)12-17-20(24)21(14-8-4-3-5-9-14)18-15-10-6-7-11-16(15)19(23)22(17)18/h6-7,10-11,13-14,17-18H,3-5,8-9,12H2,1-2H3. The molecule has 2 unspecified atom stereocenters. The highest BCUT2D eigenvalue weighted by molar-refractivity contribution is 6.04. The first-order valence-electron chi connectivity index (χ1n) is 9.33. The highest BCUT2D eigenvalue weighted by atomic mass is 16.2. The topological polar surface area (TPSA) is 40.6 Å². The summed E-state index contributed by atoms with van der Waals surface area (Å²) >= 11 is 0. The summed E-state index contributed by atoms with van der Waals surface area (Å²) in [5.74, 6) is 0.596. The van der Waals surface area contributed by atoms with Gasteiger partial charge in [-0.05, 0) is 31.2 Å². The molecule has 128 valence electrons. The lowest BCUT2D eigenvalue weighted by atomic mass is 9.93. The van der Waals surface area contributed by atoms with Crippen molar-refractivity contribution in [3.8, 4) is 0 Å². The summed E-state index contributed by atoms with van der Waals surface area (Å²) in [5, 5.41) is 0. The molecule has 3 aliphatic rings. The number of hydrogen-bond acceptors (Lipinski definition) is 2. The minimum atomic E-state index is -0.295. The van der Waals surface area contributed by atoms with Crippen LogP contribution in [0.2, 0.25) is 0 Å². The molecule has 2 heterocycles. The summed E-state index contributed by atoms with van der Waals surface area (Å²) in [7, 11) is 0. The van der Waals surface area contributed by atoms with E-state index in [1.807, 2.05) is 29.2 Å². The average Bonchev–Trinajstić information content (AvgIpc) is 3.02. The van der Waals surface area contributed by atoms with Crippen molar-refractivity contribution in [2.75, 3.05) is 0 Å². The van der Waals surface area contributed by atoms with Crippen molar-refractivity contribution < 1.29 is 9.59 Å². The second-order valence-electron chi connectivity index (χ2n) is 7.86. The lowest BCUT2D eigenvalue weighted by molar-refractivity contribution is -0.133. The van der Waals surface area contributed by atoms with Gasteiger partial charge < -0.3 is 9.80 Å². The van der Waals surface area contributed by atoms with Gasteiger partial charge in [-0.1, -0.05) is 51.3 Å².